The second kappa shape index (κ2) is 5.17. The molecule has 0 aromatic carbocycles. The van der Waals surface area contributed by atoms with Gasteiger partial charge in [-0.15, -0.1) is 0 Å². The molecule has 0 heterocycles. The van der Waals surface area contributed by atoms with Crippen LogP contribution in [-0.4, -0.2) is 22.7 Å². The lowest BCUT2D eigenvalue weighted by atomic mass is 9.69. The number of aliphatic carboxylic acids is 1. The second-order valence-corrected chi connectivity index (χ2v) is 5.52. The average molecular weight is 227 g/mol. The van der Waals surface area contributed by atoms with Gasteiger partial charge in [0.1, 0.15) is 5.54 Å². The molecular weight excluding hydrogens is 202 g/mol. The topological polar surface area (TPSA) is 49.3 Å². The minimum absolute atomic E-state index is 0.218. The highest BCUT2D eigenvalue weighted by atomic mass is 16.4. The third-order valence-corrected chi connectivity index (χ3v) is 4.10. The van der Waals surface area contributed by atoms with Gasteiger partial charge in [0.05, 0.1) is 0 Å². The molecule has 0 aromatic rings. The fourth-order valence-corrected chi connectivity index (χ4v) is 2.74. The van der Waals surface area contributed by atoms with Crippen LogP contribution in [0.3, 0.4) is 0 Å². The number of rotatable bonds is 4. The zero-order chi connectivity index (χ0) is 12.3. The molecule has 4 unspecified atom stereocenters. The Morgan fingerprint density at radius 2 is 2.12 bits per heavy atom. The van der Waals surface area contributed by atoms with Gasteiger partial charge < -0.3 is 5.11 Å². The zero-order valence-corrected chi connectivity index (χ0v) is 10.9. The quantitative estimate of drug-likeness (QED) is 0.776. The van der Waals surface area contributed by atoms with Gasteiger partial charge in [0.2, 0.25) is 0 Å². The Bertz CT molecular complexity index is 254. The second-order valence-electron chi connectivity index (χ2n) is 5.52. The number of carboxylic acids is 1. The van der Waals surface area contributed by atoms with Crippen LogP contribution in [0.25, 0.3) is 0 Å². The highest BCUT2D eigenvalue weighted by Gasteiger charge is 2.47. The molecule has 0 bridgehead atoms. The van der Waals surface area contributed by atoms with Crippen molar-refractivity contribution in [2.24, 2.45) is 11.8 Å². The molecule has 1 rings (SSSR count). The Balaban J connectivity index is 2.88. The van der Waals surface area contributed by atoms with Crippen LogP contribution < -0.4 is 5.32 Å². The van der Waals surface area contributed by atoms with Crippen molar-refractivity contribution in [3.63, 3.8) is 0 Å². The van der Waals surface area contributed by atoms with Crippen LogP contribution in [0.5, 0.6) is 0 Å². The summed E-state index contributed by atoms with van der Waals surface area (Å²) in [6, 6.07) is 0.267. The third kappa shape index (κ3) is 2.57. The largest absolute Gasteiger partial charge is 0.480 e. The molecule has 1 fully saturated rings. The maximum Gasteiger partial charge on any atom is 0.324 e. The smallest absolute Gasteiger partial charge is 0.324 e. The van der Waals surface area contributed by atoms with E-state index in [1.54, 1.807) is 0 Å². The van der Waals surface area contributed by atoms with E-state index in [0.717, 1.165) is 25.7 Å². The first-order valence-electron chi connectivity index (χ1n) is 6.43. The van der Waals surface area contributed by atoms with Gasteiger partial charge in [-0.25, -0.2) is 0 Å². The minimum Gasteiger partial charge on any atom is -0.480 e. The van der Waals surface area contributed by atoms with Crippen molar-refractivity contribution >= 4 is 5.97 Å². The molecule has 2 N–H and O–H groups in total. The number of nitrogens with one attached hydrogen (secondary N) is 1. The monoisotopic (exact) mass is 227 g/mol. The first-order chi connectivity index (χ1) is 7.42. The van der Waals surface area contributed by atoms with Crippen molar-refractivity contribution in [1.82, 2.24) is 5.32 Å². The molecule has 0 saturated heterocycles. The van der Waals surface area contributed by atoms with Crippen molar-refractivity contribution in [2.45, 2.75) is 65.0 Å². The Morgan fingerprint density at radius 3 is 2.62 bits per heavy atom. The summed E-state index contributed by atoms with van der Waals surface area (Å²) < 4.78 is 0. The van der Waals surface area contributed by atoms with Crippen LogP contribution in [0.15, 0.2) is 0 Å². The van der Waals surface area contributed by atoms with Crippen LogP contribution in [0.1, 0.15) is 53.4 Å². The Morgan fingerprint density at radius 1 is 1.50 bits per heavy atom. The summed E-state index contributed by atoms with van der Waals surface area (Å²) in [5.41, 5.74) is -0.701. The Hall–Kier alpha value is -0.570. The van der Waals surface area contributed by atoms with E-state index in [-0.39, 0.29) is 12.0 Å². The van der Waals surface area contributed by atoms with Gasteiger partial charge >= 0.3 is 5.97 Å². The molecule has 94 valence electrons. The van der Waals surface area contributed by atoms with Crippen LogP contribution in [-0.2, 0) is 4.79 Å². The summed E-state index contributed by atoms with van der Waals surface area (Å²) >= 11 is 0. The summed E-state index contributed by atoms with van der Waals surface area (Å²) in [6.07, 6.45) is 3.89. The van der Waals surface area contributed by atoms with Gasteiger partial charge in [-0.2, -0.15) is 0 Å². The van der Waals surface area contributed by atoms with Crippen LogP contribution in [0.4, 0.5) is 0 Å². The van der Waals surface area contributed by atoms with Gasteiger partial charge in [-0.1, -0.05) is 27.2 Å². The minimum atomic E-state index is -0.701. The summed E-state index contributed by atoms with van der Waals surface area (Å²) in [7, 11) is 0. The van der Waals surface area contributed by atoms with E-state index in [9.17, 15) is 9.90 Å². The molecule has 1 saturated carbocycles. The maximum absolute atomic E-state index is 11.6. The molecule has 0 aliphatic heterocycles. The van der Waals surface area contributed by atoms with Crippen molar-refractivity contribution < 1.29 is 9.90 Å². The molecule has 3 nitrogen and oxygen atoms in total. The highest BCUT2D eigenvalue weighted by Crippen LogP contribution is 2.37. The molecule has 1 aliphatic carbocycles. The van der Waals surface area contributed by atoms with E-state index < -0.39 is 11.5 Å². The van der Waals surface area contributed by atoms with E-state index in [4.69, 9.17) is 0 Å². The van der Waals surface area contributed by atoms with Crippen LogP contribution in [0.2, 0.25) is 0 Å². The summed E-state index contributed by atoms with van der Waals surface area (Å²) in [6.45, 7) is 8.37. The van der Waals surface area contributed by atoms with Crippen molar-refractivity contribution in [2.75, 3.05) is 0 Å². The molecule has 16 heavy (non-hydrogen) atoms. The van der Waals surface area contributed by atoms with Crippen molar-refractivity contribution in [1.29, 1.82) is 0 Å². The molecule has 0 spiro atoms. The Labute approximate surface area is 98.6 Å². The zero-order valence-electron chi connectivity index (χ0n) is 10.9. The first kappa shape index (κ1) is 13.5. The van der Waals surface area contributed by atoms with Crippen molar-refractivity contribution in [3.05, 3.63) is 0 Å². The molecule has 0 aromatic heterocycles. The Kier molecular flexibility index (Phi) is 4.36. The number of hydrogen-bond acceptors (Lipinski definition) is 2. The molecule has 0 radical (unpaired) electrons. The van der Waals surface area contributed by atoms with Crippen LogP contribution >= 0.6 is 0 Å². The summed E-state index contributed by atoms with van der Waals surface area (Å²) in [5, 5.41) is 12.9. The fraction of sp³-hybridized carbons (Fsp3) is 0.923. The molecule has 4 atom stereocenters. The first-order valence-corrected chi connectivity index (χ1v) is 6.43. The van der Waals surface area contributed by atoms with E-state index in [2.05, 4.69) is 33.0 Å². The lowest BCUT2D eigenvalue weighted by molar-refractivity contribution is -0.150. The normalized spacial score (nSPS) is 37.0. The summed E-state index contributed by atoms with van der Waals surface area (Å²) in [4.78, 5) is 11.6. The van der Waals surface area contributed by atoms with Gasteiger partial charge in [-0.3, -0.25) is 10.1 Å². The van der Waals surface area contributed by atoms with Gasteiger partial charge in [0.15, 0.2) is 0 Å². The predicted octanol–water partition coefficient (Wildman–Crippen LogP) is 2.65. The molecule has 1 aliphatic rings. The maximum atomic E-state index is 11.6. The number of hydrogen-bond donors (Lipinski definition) is 2. The standard InChI is InChI=1S/C13H25NO2/c1-5-11(4)14-13(12(15)16)8-9(2)6-7-10(13)3/h9-11,14H,5-8H2,1-4H3,(H,15,16). The average Bonchev–Trinajstić information content (AvgIpc) is 2.23. The molecule has 3 heteroatoms. The van der Waals surface area contributed by atoms with Crippen LogP contribution in [0, 0.1) is 11.8 Å². The lowest BCUT2D eigenvalue weighted by Crippen LogP contribution is -2.61. The number of carboxylic acid groups (broad SMARTS) is 1. The van der Waals surface area contributed by atoms with Gasteiger partial charge in [-0.05, 0) is 38.0 Å². The number of carbonyl (C=O) groups is 1. The highest BCUT2D eigenvalue weighted by molar-refractivity contribution is 5.79. The third-order valence-electron chi connectivity index (χ3n) is 4.10. The molecule has 0 amide bonds. The fourth-order valence-electron chi connectivity index (χ4n) is 2.74. The predicted molar refractivity (Wildman–Crippen MR) is 65.4 cm³/mol. The van der Waals surface area contributed by atoms with E-state index >= 15 is 0 Å². The van der Waals surface area contributed by atoms with Gasteiger partial charge in [0, 0.05) is 6.04 Å². The van der Waals surface area contributed by atoms with E-state index in [0.29, 0.717) is 5.92 Å². The SMILES string of the molecule is CCC(C)NC1(C(=O)O)CC(C)CCC1C. The lowest BCUT2D eigenvalue weighted by Gasteiger charge is -2.44. The summed E-state index contributed by atoms with van der Waals surface area (Å²) in [5.74, 6) is 0.0471. The van der Waals surface area contributed by atoms with E-state index in [1.165, 1.54) is 0 Å². The van der Waals surface area contributed by atoms with Gasteiger partial charge in [0.25, 0.3) is 0 Å². The molecular formula is C13H25NO2. The van der Waals surface area contributed by atoms with E-state index in [1.807, 2.05) is 0 Å². The van der Waals surface area contributed by atoms with Crippen molar-refractivity contribution in [3.8, 4) is 0 Å².